The van der Waals surface area contributed by atoms with Gasteiger partial charge in [-0.3, -0.25) is 4.79 Å². The van der Waals surface area contributed by atoms with Crippen LogP contribution in [0.4, 0.5) is 24.7 Å². The zero-order valence-electron chi connectivity index (χ0n) is 17.6. The van der Waals surface area contributed by atoms with Gasteiger partial charge < -0.3 is 15.4 Å². The summed E-state index contributed by atoms with van der Waals surface area (Å²) in [6.45, 7) is 2.02. The summed E-state index contributed by atoms with van der Waals surface area (Å²) in [4.78, 5) is 12.9. The van der Waals surface area contributed by atoms with E-state index in [0.717, 1.165) is 16.7 Å². The van der Waals surface area contributed by atoms with Crippen LogP contribution in [0.1, 0.15) is 46.9 Å². The number of nitrogens with zero attached hydrogens (tertiary/aromatic N) is 2. The number of benzene rings is 2. The number of ether oxygens (including phenoxy) is 1. The predicted molar refractivity (Wildman–Crippen MR) is 115 cm³/mol. The van der Waals surface area contributed by atoms with Crippen molar-refractivity contribution in [2.75, 3.05) is 17.7 Å². The number of carbonyl (C=O) groups is 1. The molecule has 0 aliphatic carbocycles. The van der Waals surface area contributed by atoms with E-state index < -0.39 is 24.2 Å². The molecule has 0 fully saturated rings. The van der Waals surface area contributed by atoms with E-state index >= 15 is 0 Å². The molecule has 2 heterocycles. The van der Waals surface area contributed by atoms with Gasteiger partial charge in [-0.25, -0.2) is 4.68 Å². The average molecular weight is 444 g/mol. The molecule has 0 unspecified atom stereocenters. The summed E-state index contributed by atoms with van der Waals surface area (Å²) in [7, 11) is 1.50. The summed E-state index contributed by atoms with van der Waals surface area (Å²) in [6.07, 6.45) is -2.75. The number of methoxy groups -OCH3 is 1. The maximum Gasteiger partial charge on any atom is 0.410 e. The molecule has 2 aromatic carbocycles. The highest BCUT2D eigenvalue weighted by atomic mass is 19.4. The van der Waals surface area contributed by atoms with Gasteiger partial charge in [0.05, 0.1) is 19.3 Å². The topological polar surface area (TPSA) is 68.2 Å². The number of halogens is 3. The van der Waals surface area contributed by atoms with E-state index in [9.17, 15) is 18.0 Å². The van der Waals surface area contributed by atoms with Crippen molar-refractivity contribution in [2.24, 2.45) is 0 Å². The molecular formula is C23H23F3N4O2. The first kappa shape index (κ1) is 21.7. The van der Waals surface area contributed by atoms with Gasteiger partial charge in [0.1, 0.15) is 17.1 Å². The van der Waals surface area contributed by atoms with E-state index in [2.05, 4.69) is 15.7 Å². The van der Waals surface area contributed by atoms with Gasteiger partial charge >= 0.3 is 6.18 Å². The summed E-state index contributed by atoms with van der Waals surface area (Å²) in [5.74, 6) is 0.0460. The molecule has 0 saturated carbocycles. The van der Waals surface area contributed by atoms with Gasteiger partial charge in [0.15, 0.2) is 6.04 Å². The summed E-state index contributed by atoms with van der Waals surface area (Å²) in [6, 6.07) is 11.6. The van der Waals surface area contributed by atoms with Gasteiger partial charge in [0, 0.05) is 12.1 Å². The number of anilines is 2. The third-order valence-corrected chi connectivity index (χ3v) is 5.60. The number of hydrogen-bond donors (Lipinski definition) is 2. The number of hydrogen-bond acceptors (Lipinski definition) is 4. The Balaban J connectivity index is 1.66. The van der Waals surface area contributed by atoms with Gasteiger partial charge in [-0.1, -0.05) is 31.2 Å². The number of amides is 1. The van der Waals surface area contributed by atoms with Crippen molar-refractivity contribution >= 4 is 17.4 Å². The third kappa shape index (κ3) is 4.28. The lowest BCUT2D eigenvalue weighted by Gasteiger charge is -2.34. The predicted octanol–water partition coefficient (Wildman–Crippen LogP) is 5.37. The number of alkyl halides is 3. The van der Waals surface area contributed by atoms with E-state index in [4.69, 9.17) is 4.74 Å². The molecular weight excluding hydrogens is 421 g/mol. The molecule has 32 heavy (non-hydrogen) atoms. The van der Waals surface area contributed by atoms with Crippen molar-refractivity contribution in [1.82, 2.24) is 9.78 Å². The Morgan fingerprint density at radius 1 is 1.25 bits per heavy atom. The lowest BCUT2D eigenvalue weighted by Crippen LogP contribution is -2.36. The summed E-state index contributed by atoms with van der Waals surface area (Å²) in [5.41, 5.74) is 2.35. The number of aromatic nitrogens is 2. The average Bonchev–Trinajstić information content (AvgIpc) is 3.22. The lowest BCUT2D eigenvalue weighted by atomic mass is 9.96. The van der Waals surface area contributed by atoms with Crippen LogP contribution >= 0.6 is 0 Å². The number of rotatable bonds is 5. The van der Waals surface area contributed by atoms with E-state index in [-0.39, 0.29) is 17.8 Å². The van der Waals surface area contributed by atoms with Crippen LogP contribution in [0.5, 0.6) is 5.75 Å². The fourth-order valence-electron chi connectivity index (χ4n) is 3.83. The lowest BCUT2D eigenvalue weighted by molar-refractivity contribution is -0.173. The summed E-state index contributed by atoms with van der Waals surface area (Å²) in [5, 5.41) is 9.73. The summed E-state index contributed by atoms with van der Waals surface area (Å²) >= 11 is 0. The fraction of sp³-hybridized carbons (Fsp3) is 0.304. The van der Waals surface area contributed by atoms with Gasteiger partial charge in [0.25, 0.3) is 5.91 Å². The molecule has 0 saturated heterocycles. The maximum atomic E-state index is 13.9. The van der Waals surface area contributed by atoms with Crippen LogP contribution in [0.15, 0.2) is 54.7 Å². The molecule has 168 valence electrons. The van der Waals surface area contributed by atoms with Gasteiger partial charge in [-0.2, -0.15) is 18.3 Å². The number of carbonyl (C=O) groups excluding carboxylic acids is 1. The molecule has 2 N–H and O–H groups in total. The van der Waals surface area contributed by atoms with E-state index in [0.29, 0.717) is 17.0 Å². The van der Waals surface area contributed by atoms with Crippen LogP contribution in [-0.2, 0) is 6.42 Å². The summed E-state index contributed by atoms with van der Waals surface area (Å²) < 4.78 is 47.7. The van der Waals surface area contributed by atoms with Gasteiger partial charge in [-0.15, -0.1) is 0 Å². The molecule has 0 radical (unpaired) electrons. The smallest absolute Gasteiger partial charge is 0.410 e. The van der Waals surface area contributed by atoms with Crippen LogP contribution in [0.3, 0.4) is 0 Å². The first-order chi connectivity index (χ1) is 15.3. The first-order valence-electron chi connectivity index (χ1n) is 10.2. The van der Waals surface area contributed by atoms with Crippen LogP contribution in [0.2, 0.25) is 0 Å². The SMILES string of the molecule is CCc1ccc(NC(=O)c2cnn3c2N[C@H](c2cccc(OC)c2)C[C@H]3C(F)(F)F)cc1. The molecule has 1 aliphatic heterocycles. The Bertz CT molecular complexity index is 1110. The molecule has 4 rings (SSSR count). The molecule has 2 atom stereocenters. The van der Waals surface area contributed by atoms with Crippen molar-refractivity contribution in [1.29, 1.82) is 0 Å². The maximum absolute atomic E-state index is 13.9. The third-order valence-electron chi connectivity index (χ3n) is 5.60. The van der Waals surface area contributed by atoms with Gasteiger partial charge in [-0.05, 0) is 41.8 Å². The Labute approximate surface area is 183 Å². The van der Waals surface area contributed by atoms with Crippen LogP contribution in [0.25, 0.3) is 0 Å². The Kier molecular flexibility index (Phi) is 5.82. The minimum absolute atomic E-state index is 0.0362. The first-order valence-corrected chi connectivity index (χ1v) is 10.2. The zero-order chi connectivity index (χ0) is 22.9. The van der Waals surface area contributed by atoms with Crippen LogP contribution in [0, 0.1) is 0 Å². The molecule has 3 aromatic rings. The number of nitrogens with one attached hydrogen (secondary N) is 2. The molecule has 1 amide bonds. The molecule has 0 spiro atoms. The highest BCUT2D eigenvalue weighted by Crippen LogP contribution is 2.44. The van der Waals surface area contributed by atoms with Crippen molar-refractivity contribution in [2.45, 2.75) is 38.0 Å². The highest BCUT2D eigenvalue weighted by Gasteiger charge is 2.47. The van der Waals surface area contributed by atoms with Crippen LogP contribution in [-0.4, -0.2) is 29.0 Å². The van der Waals surface area contributed by atoms with E-state index in [1.165, 1.54) is 13.3 Å². The monoisotopic (exact) mass is 444 g/mol. The fourth-order valence-corrected chi connectivity index (χ4v) is 3.83. The molecule has 0 bridgehead atoms. The molecule has 1 aliphatic rings. The normalized spacial score (nSPS) is 17.9. The van der Waals surface area contributed by atoms with Crippen molar-refractivity contribution < 1.29 is 22.7 Å². The largest absolute Gasteiger partial charge is 0.497 e. The van der Waals surface area contributed by atoms with Gasteiger partial charge in [0.2, 0.25) is 0 Å². The van der Waals surface area contributed by atoms with Crippen molar-refractivity contribution in [3.05, 3.63) is 71.4 Å². The van der Waals surface area contributed by atoms with E-state index in [1.54, 1.807) is 36.4 Å². The zero-order valence-corrected chi connectivity index (χ0v) is 17.6. The van der Waals surface area contributed by atoms with Crippen molar-refractivity contribution in [3.8, 4) is 5.75 Å². The second-order valence-corrected chi connectivity index (χ2v) is 7.62. The van der Waals surface area contributed by atoms with Crippen molar-refractivity contribution in [3.63, 3.8) is 0 Å². The van der Waals surface area contributed by atoms with Crippen LogP contribution < -0.4 is 15.4 Å². The standard InChI is InChI=1S/C23H23F3N4O2/c1-3-14-7-9-16(10-8-14)28-22(31)18-13-27-30-20(23(24,25)26)12-19(29-21(18)30)15-5-4-6-17(11-15)32-2/h4-11,13,19-20,29H,3,12H2,1-2H3,(H,28,31)/t19-,20-/m0/s1. The number of fused-ring (bicyclic) bond motifs is 1. The molecule has 9 heteroatoms. The Hall–Kier alpha value is -3.49. The second kappa shape index (κ2) is 8.57. The Morgan fingerprint density at radius 3 is 2.66 bits per heavy atom. The quantitative estimate of drug-likeness (QED) is 0.556. The minimum Gasteiger partial charge on any atom is -0.497 e. The van der Waals surface area contributed by atoms with E-state index in [1.807, 2.05) is 19.1 Å². The molecule has 1 aromatic heterocycles. The highest BCUT2D eigenvalue weighted by molar-refractivity contribution is 6.07. The minimum atomic E-state index is -4.52. The number of aryl methyl sites for hydroxylation is 1. The second-order valence-electron chi connectivity index (χ2n) is 7.62. The molecule has 6 nitrogen and oxygen atoms in total. The Morgan fingerprint density at radius 2 is 2.00 bits per heavy atom.